The third-order valence-electron chi connectivity index (χ3n) is 5.29. The van der Waals surface area contributed by atoms with Crippen LogP contribution >= 0.6 is 24.0 Å². The third kappa shape index (κ3) is 6.29. The molecule has 1 unspecified atom stereocenters. The van der Waals surface area contributed by atoms with Crippen molar-refractivity contribution < 1.29 is 13.9 Å². The van der Waals surface area contributed by atoms with E-state index in [1.807, 2.05) is 6.07 Å². The molecule has 2 fully saturated rings. The fraction of sp³-hybridized carbons (Fsp3) is 0.650. The lowest BCUT2D eigenvalue weighted by atomic mass is 9.74. The first-order chi connectivity index (χ1) is 12.7. The van der Waals surface area contributed by atoms with Gasteiger partial charge in [0.25, 0.3) is 0 Å². The molecule has 7 heteroatoms. The summed E-state index contributed by atoms with van der Waals surface area (Å²) in [5.74, 6) is 0.603. The minimum absolute atomic E-state index is 0. The minimum atomic E-state index is -0.194. The molecule has 2 heterocycles. The van der Waals surface area contributed by atoms with Crippen molar-refractivity contribution in [3.8, 4) is 0 Å². The molecule has 0 radical (unpaired) electrons. The number of nitrogens with zero attached hydrogens (tertiary/aromatic N) is 1. The minimum Gasteiger partial charge on any atom is -0.381 e. The Kier molecular flexibility index (Phi) is 9.25. The molecular formula is C20H31FIN3O2. The first-order valence-corrected chi connectivity index (χ1v) is 9.69. The summed E-state index contributed by atoms with van der Waals surface area (Å²) in [4.78, 5) is 4.84. The van der Waals surface area contributed by atoms with Gasteiger partial charge in [0.05, 0.1) is 12.6 Å². The molecule has 1 aromatic carbocycles. The highest BCUT2D eigenvalue weighted by Gasteiger charge is 2.34. The van der Waals surface area contributed by atoms with Gasteiger partial charge < -0.3 is 20.1 Å². The SMILES string of the molecule is CCNC(=NCC1(c2cccc(F)c2)CCOCC1)NCC1CCCO1.I. The Hall–Kier alpha value is -0.930. The molecule has 0 aliphatic carbocycles. The molecule has 2 N–H and O–H groups in total. The highest BCUT2D eigenvalue weighted by atomic mass is 127. The molecule has 2 aliphatic rings. The van der Waals surface area contributed by atoms with Crippen LogP contribution in [0.2, 0.25) is 0 Å². The summed E-state index contributed by atoms with van der Waals surface area (Å²) in [6, 6.07) is 6.93. The molecule has 27 heavy (non-hydrogen) atoms. The van der Waals surface area contributed by atoms with Gasteiger partial charge in [-0.15, -0.1) is 24.0 Å². The predicted molar refractivity (Wildman–Crippen MR) is 117 cm³/mol. The molecule has 2 saturated heterocycles. The Balaban J connectivity index is 0.00000261. The molecule has 1 atom stereocenters. The van der Waals surface area contributed by atoms with E-state index in [2.05, 4.69) is 17.6 Å². The molecule has 0 spiro atoms. The Morgan fingerprint density at radius 3 is 2.74 bits per heavy atom. The van der Waals surface area contributed by atoms with Crippen molar-refractivity contribution in [2.24, 2.45) is 4.99 Å². The summed E-state index contributed by atoms with van der Waals surface area (Å²) in [5, 5.41) is 6.70. The van der Waals surface area contributed by atoms with Crippen LogP contribution in [0.1, 0.15) is 38.2 Å². The summed E-state index contributed by atoms with van der Waals surface area (Å²) in [6.07, 6.45) is 4.19. The maximum atomic E-state index is 13.8. The topological polar surface area (TPSA) is 54.9 Å². The number of hydrogen-bond acceptors (Lipinski definition) is 3. The molecule has 1 aromatic rings. The summed E-state index contributed by atoms with van der Waals surface area (Å²) >= 11 is 0. The van der Waals surface area contributed by atoms with Gasteiger partial charge in [-0.05, 0) is 50.3 Å². The van der Waals surface area contributed by atoms with E-state index in [4.69, 9.17) is 14.5 Å². The van der Waals surface area contributed by atoms with Crippen LogP contribution in [0.25, 0.3) is 0 Å². The average Bonchev–Trinajstić information content (AvgIpc) is 3.18. The van der Waals surface area contributed by atoms with Crippen LogP contribution in [-0.2, 0) is 14.9 Å². The number of aliphatic imine (C=N–C) groups is 1. The summed E-state index contributed by atoms with van der Waals surface area (Å²) in [6.45, 7) is 6.45. The number of rotatable bonds is 6. The molecule has 0 bridgehead atoms. The van der Waals surface area contributed by atoms with Gasteiger partial charge in [0.1, 0.15) is 5.82 Å². The smallest absolute Gasteiger partial charge is 0.191 e. The van der Waals surface area contributed by atoms with Crippen molar-refractivity contribution >= 4 is 29.9 Å². The molecule has 0 aromatic heterocycles. The Labute approximate surface area is 178 Å². The Bertz CT molecular complexity index is 603. The first kappa shape index (κ1) is 22.4. The number of nitrogens with one attached hydrogen (secondary N) is 2. The van der Waals surface area contributed by atoms with Gasteiger partial charge in [-0.3, -0.25) is 4.99 Å². The van der Waals surface area contributed by atoms with Crippen molar-refractivity contribution in [2.75, 3.05) is 39.5 Å². The van der Waals surface area contributed by atoms with E-state index < -0.39 is 0 Å². The van der Waals surface area contributed by atoms with E-state index in [0.717, 1.165) is 56.9 Å². The predicted octanol–water partition coefficient (Wildman–Crippen LogP) is 3.23. The summed E-state index contributed by atoms with van der Waals surface area (Å²) < 4.78 is 25.0. The zero-order valence-corrected chi connectivity index (χ0v) is 18.3. The van der Waals surface area contributed by atoms with Crippen LogP contribution in [0.3, 0.4) is 0 Å². The monoisotopic (exact) mass is 491 g/mol. The second kappa shape index (κ2) is 11.2. The van der Waals surface area contributed by atoms with E-state index in [1.165, 1.54) is 6.07 Å². The van der Waals surface area contributed by atoms with Crippen LogP contribution in [0.15, 0.2) is 29.3 Å². The fourth-order valence-electron chi connectivity index (χ4n) is 3.71. The van der Waals surface area contributed by atoms with Crippen LogP contribution < -0.4 is 10.6 Å². The molecule has 3 rings (SSSR count). The van der Waals surface area contributed by atoms with Gasteiger partial charge in [0, 0.05) is 38.3 Å². The highest BCUT2D eigenvalue weighted by Crippen LogP contribution is 2.35. The van der Waals surface area contributed by atoms with Gasteiger partial charge in [0.2, 0.25) is 0 Å². The average molecular weight is 491 g/mol. The third-order valence-corrected chi connectivity index (χ3v) is 5.29. The molecule has 2 aliphatic heterocycles. The fourth-order valence-corrected chi connectivity index (χ4v) is 3.71. The quantitative estimate of drug-likeness (QED) is 0.365. The molecule has 0 saturated carbocycles. The molecule has 0 amide bonds. The van der Waals surface area contributed by atoms with E-state index in [9.17, 15) is 4.39 Å². The van der Waals surface area contributed by atoms with E-state index in [1.54, 1.807) is 12.1 Å². The number of guanidine groups is 1. The van der Waals surface area contributed by atoms with Crippen molar-refractivity contribution in [1.82, 2.24) is 10.6 Å². The number of ether oxygens (including phenoxy) is 2. The number of benzene rings is 1. The summed E-state index contributed by atoms with van der Waals surface area (Å²) in [7, 11) is 0. The van der Waals surface area contributed by atoms with E-state index in [-0.39, 0.29) is 41.3 Å². The summed E-state index contributed by atoms with van der Waals surface area (Å²) in [5.41, 5.74) is 0.839. The van der Waals surface area contributed by atoms with E-state index in [0.29, 0.717) is 19.8 Å². The first-order valence-electron chi connectivity index (χ1n) is 9.69. The van der Waals surface area contributed by atoms with Crippen molar-refractivity contribution in [2.45, 2.75) is 44.1 Å². The van der Waals surface area contributed by atoms with Crippen LogP contribution in [-0.4, -0.2) is 51.5 Å². The van der Waals surface area contributed by atoms with Crippen molar-refractivity contribution in [3.05, 3.63) is 35.6 Å². The Morgan fingerprint density at radius 2 is 2.07 bits per heavy atom. The van der Waals surface area contributed by atoms with Gasteiger partial charge in [0.15, 0.2) is 5.96 Å². The zero-order valence-electron chi connectivity index (χ0n) is 16.0. The second-order valence-corrected chi connectivity index (χ2v) is 7.11. The van der Waals surface area contributed by atoms with E-state index >= 15 is 0 Å². The number of halogens is 2. The maximum absolute atomic E-state index is 13.8. The zero-order chi connectivity index (χ0) is 18.2. The van der Waals surface area contributed by atoms with Gasteiger partial charge in [-0.1, -0.05) is 12.1 Å². The lowest BCUT2D eigenvalue weighted by Gasteiger charge is -2.36. The molecular weight excluding hydrogens is 460 g/mol. The largest absolute Gasteiger partial charge is 0.381 e. The molecule has 5 nitrogen and oxygen atoms in total. The van der Waals surface area contributed by atoms with Gasteiger partial charge in [-0.2, -0.15) is 0 Å². The maximum Gasteiger partial charge on any atom is 0.191 e. The van der Waals surface area contributed by atoms with Crippen molar-refractivity contribution in [3.63, 3.8) is 0 Å². The normalized spacial score (nSPS) is 22.1. The Morgan fingerprint density at radius 1 is 1.26 bits per heavy atom. The number of hydrogen-bond donors (Lipinski definition) is 2. The van der Waals surface area contributed by atoms with Gasteiger partial charge >= 0.3 is 0 Å². The van der Waals surface area contributed by atoms with Crippen LogP contribution in [0.4, 0.5) is 4.39 Å². The van der Waals surface area contributed by atoms with Crippen LogP contribution in [0.5, 0.6) is 0 Å². The second-order valence-electron chi connectivity index (χ2n) is 7.11. The van der Waals surface area contributed by atoms with Gasteiger partial charge in [-0.25, -0.2) is 4.39 Å². The lowest BCUT2D eigenvalue weighted by Crippen LogP contribution is -2.43. The highest BCUT2D eigenvalue weighted by molar-refractivity contribution is 14.0. The standard InChI is InChI=1S/C20H30FN3O2.HI/c1-2-22-19(23-14-18-7-4-10-26-18)24-15-20(8-11-25-12-9-20)16-5-3-6-17(21)13-16;/h3,5-6,13,18H,2,4,7-12,14-15H2,1H3,(H2,22,23,24);1H. The van der Waals surface area contributed by atoms with Crippen LogP contribution in [0, 0.1) is 5.82 Å². The van der Waals surface area contributed by atoms with Crippen molar-refractivity contribution in [1.29, 1.82) is 0 Å². The lowest BCUT2D eigenvalue weighted by molar-refractivity contribution is 0.0530. The molecule has 152 valence electrons.